The van der Waals surface area contributed by atoms with Crippen LogP contribution in [0.25, 0.3) is 0 Å². The Balaban J connectivity index is 0. The van der Waals surface area contributed by atoms with Gasteiger partial charge in [-0.2, -0.15) is 15.0 Å². The highest BCUT2D eigenvalue weighted by Crippen LogP contribution is 2.09. The van der Waals surface area contributed by atoms with Gasteiger partial charge in [0.05, 0.1) is 7.11 Å². The van der Waals surface area contributed by atoms with Crippen LogP contribution in [0.1, 0.15) is 93.7 Å². The van der Waals surface area contributed by atoms with E-state index in [-0.39, 0.29) is 69.7 Å². The minimum atomic E-state index is -1.37. The highest BCUT2D eigenvalue weighted by Gasteiger charge is 2.19. The SMILES string of the molecule is CC.CC.CCC(=O)c1nc(=O)n(CC)c(=O)n1PC.CCn1c(=O)nc(C(=O)O)n(PC)c1=O.CCn1c(=O)nc(C(=O)OC)n(PC)c1=O. The second-order valence-electron chi connectivity index (χ2n) is 8.48. The first kappa shape index (κ1) is 48.8. The Labute approximate surface area is 298 Å². The maximum absolute atomic E-state index is 11.8. The minimum absolute atomic E-state index is 0.000401. The van der Waals surface area contributed by atoms with Gasteiger partial charge in [0.25, 0.3) is 0 Å². The summed E-state index contributed by atoms with van der Waals surface area (Å²) in [5.74, 6) is -3.22. The third-order valence-electron chi connectivity index (χ3n) is 5.95. The molecular formula is C28H48N9O11P3. The molecule has 0 saturated carbocycles. The number of ether oxygens (including phenoxy) is 1. The molecule has 20 nitrogen and oxygen atoms in total. The molecule has 51 heavy (non-hydrogen) atoms. The molecule has 0 fully saturated rings. The fraction of sp³-hybridized carbons (Fsp3) is 0.571. The fourth-order valence-electron chi connectivity index (χ4n) is 3.62. The topological polar surface area (TPSA) is 251 Å². The quantitative estimate of drug-likeness (QED) is 0.168. The van der Waals surface area contributed by atoms with Crippen LogP contribution in [-0.4, -0.2) is 91.6 Å². The van der Waals surface area contributed by atoms with Gasteiger partial charge in [0, 0.05) is 26.1 Å². The maximum Gasteiger partial charge on any atom is 0.374 e. The second kappa shape index (κ2) is 24.8. The molecule has 0 spiro atoms. The number of carboxylic acids is 1. The Bertz CT molecular complexity index is 1900. The third-order valence-corrected chi connectivity index (χ3v) is 8.50. The van der Waals surface area contributed by atoms with Crippen LogP contribution in [-0.2, 0) is 24.4 Å². The maximum atomic E-state index is 11.8. The van der Waals surface area contributed by atoms with E-state index in [1.807, 2.05) is 27.7 Å². The number of carboxylic acid groups (broad SMARTS) is 1. The number of ketones is 1. The molecule has 0 radical (unpaired) electrons. The van der Waals surface area contributed by atoms with Crippen LogP contribution < -0.4 is 34.1 Å². The Morgan fingerprint density at radius 2 is 0.882 bits per heavy atom. The molecular weight excluding hydrogens is 731 g/mol. The Kier molecular flexibility index (Phi) is 23.8. The smallest absolute Gasteiger partial charge is 0.374 e. The molecule has 0 aliphatic heterocycles. The normalized spacial score (nSPS) is 10.4. The van der Waals surface area contributed by atoms with Gasteiger partial charge >= 0.3 is 46.1 Å². The number of carbonyl (C=O) groups excluding carboxylic acids is 2. The molecule has 0 amide bonds. The summed E-state index contributed by atoms with van der Waals surface area (Å²) in [5, 5.41) is 8.74. The Morgan fingerprint density at radius 3 is 1.16 bits per heavy atom. The van der Waals surface area contributed by atoms with Crippen molar-refractivity contribution in [3.63, 3.8) is 0 Å². The van der Waals surface area contributed by atoms with Crippen molar-refractivity contribution in [3.8, 4) is 0 Å². The van der Waals surface area contributed by atoms with Gasteiger partial charge in [-0.15, -0.1) is 0 Å². The zero-order valence-electron chi connectivity index (χ0n) is 30.9. The van der Waals surface area contributed by atoms with Gasteiger partial charge in [-0.25, -0.2) is 52.1 Å². The summed E-state index contributed by atoms with van der Waals surface area (Å²) >= 11 is 0. The molecule has 3 heterocycles. The van der Waals surface area contributed by atoms with Crippen molar-refractivity contribution in [1.29, 1.82) is 0 Å². The van der Waals surface area contributed by atoms with Crippen molar-refractivity contribution in [2.24, 2.45) is 0 Å². The number of hydrogen-bond donors (Lipinski definition) is 1. The number of aromatic carboxylic acids is 1. The average molecular weight is 780 g/mol. The predicted octanol–water partition coefficient (Wildman–Crippen LogP) is 0.619. The summed E-state index contributed by atoms with van der Waals surface area (Å²) in [6.07, 6.45) is 0.229. The number of hydrogen-bond acceptors (Lipinski definition) is 13. The Hall–Kier alpha value is -4.27. The molecule has 0 aliphatic carbocycles. The van der Waals surface area contributed by atoms with Crippen LogP contribution in [0.3, 0.4) is 0 Å². The number of carbonyl (C=O) groups is 3. The lowest BCUT2D eigenvalue weighted by Gasteiger charge is -2.09. The number of esters is 1. The average Bonchev–Trinajstić information content (AvgIpc) is 3.13. The van der Waals surface area contributed by atoms with Crippen molar-refractivity contribution >= 4 is 43.9 Å². The van der Waals surface area contributed by atoms with Crippen LogP contribution in [0.2, 0.25) is 0 Å². The van der Waals surface area contributed by atoms with Gasteiger partial charge < -0.3 is 9.84 Å². The van der Waals surface area contributed by atoms with Crippen LogP contribution >= 0.6 is 26.2 Å². The highest BCUT2D eigenvalue weighted by atomic mass is 31.1. The van der Waals surface area contributed by atoms with Crippen molar-refractivity contribution in [3.05, 3.63) is 80.4 Å². The Morgan fingerprint density at radius 1 is 0.588 bits per heavy atom. The summed E-state index contributed by atoms with van der Waals surface area (Å²) in [6, 6.07) is 0. The summed E-state index contributed by atoms with van der Waals surface area (Å²) in [4.78, 5) is 113. The van der Waals surface area contributed by atoms with E-state index in [4.69, 9.17) is 5.11 Å². The minimum Gasteiger partial charge on any atom is -0.475 e. The first-order valence-corrected chi connectivity index (χ1v) is 20.1. The molecule has 23 heteroatoms. The summed E-state index contributed by atoms with van der Waals surface area (Å²) in [6.45, 7) is 20.4. The number of methoxy groups -OCH3 is 1. The van der Waals surface area contributed by atoms with Crippen molar-refractivity contribution in [2.45, 2.75) is 81.4 Å². The van der Waals surface area contributed by atoms with Crippen LogP contribution in [0.15, 0.2) is 28.8 Å². The number of nitrogens with zero attached hydrogens (tertiary/aromatic N) is 9. The van der Waals surface area contributed by atoms with E-state index in [0.717, 1.165) is 22.4 Å². The van der Waals surface area contributed by atoms with Crippen molar-refractivity contribution < 1.29 is 24.2 Å². The van der Waals surface area contributed by atoms with Crippen LogP contribution in [0.4, 0.5) is 0 Å². The fourth-order valence-corrected chi connectivity index (χ4v) is 5.65. The standard InChI is InChI=1S/C9H14N3O3P.C8H12N3O4P.C7H10N3O4P.2C2H6/c1-4-6(13)7-10-8(14)11(5-2)9(15)12(7)16-3;1-4-10-7(13)9-5(6(12)15-2)11(16-3)8(10)14;1-3-9-6(13)8-4(5(11)12)10(15-2)7(9)14;2*1-2/h16H,4-5H2,1-3H3;16H,4H2,1-3H3;15H,3H2,1-2H3,(H,11,12);2*1-2H3. The lowest BCUT2D eigenvalue weighted by molar-refractivity contribution is 0.0581. The van der Waals surface area contributed by atoms with E-state index in [2.05, 4.69) is 19.7 Å². The zero-order valence-corrected chi connectivity index (χ0v) is 33.9. The number of rotatable bonds is 10. The lowest BCUT2D eigenvalue weighted by Crippen LogP contribution is -2.42. The number of aromatic nitrogens is 9. The van der Waals surface area contributed by atoms with E-state index in [1.54, 1.807) is 47.7 Å². The molecule has 3 aromatic heterocycles. The van der Waals surface area contributed by atoms with E-state index in [0.29, 0.717) is 0 Å². The molecule has 3 atom stereocenters. The first-order valence-electron chi connectivity index (χ1n) is 15.7. The van der Waals surface area contributed by atoms with Gasteiger partial charge in [0.2, 0.25) is 11.6 Å². The number of Topliss-reactive ketones (excluding diaryl/α,β-unsaturated/α-hetero) is 1. The molecule has 0 aliphatic rings. The zero-order chi connectivity index (χ0) is 40.2. The molecule has 3 aromatic rings. The monoisotopic (exact) mass is 779 g/mol. The van der Waals surface area contributed by atoms with Gasteiger partial charge in [0.15, 0.2) is 11.6 Å². The van der Waals surface area contributed by atoms with Crippen molar-refractivity contribution in [2.75, 3.05) is 27.1 Å². The molecule has 0 saturated heterocycles. The van der Waals surface area contributed by atoms with Crippen molar-refractivity contribution in [1.82, 2.24) is 41.7 Å². The molecule has 3 rings (SSSR count). The second-order valence-corrected chi connectivity index (χ2v) is 11.2. The van der Waals surface area contributed by atoms with Gasteiger partial charge in [-0.05, 0) is 67.0 Å². The summed E-state index contributed by atoms with van der Waals surface area (Å²) in [5.41, 5.74) is -3.84. The molecule has 0 bridgehead atoms. The van der Waals surface area contributed by atoms with Gasteiger partial charge in [-0.3, -0.25) is 17.8 Å². The predicted molar refractivity (Wildman–Crippen MR) is 200 cm³/mol. The highest BCUT2D eigenvalue weighted by molar-refractivity contribution is 7.35. The van der Waals surface area contributed by atoms with Gasteiger partial charge in [0.1, 0.15) is 0 Å². The molecule has 3 unspecified atom stereocenters. The van der Waals surface area contributed by atoms with Gasteiger partial charge in [-0.1, -0.05) is 34.6 Å². The van der Waals surface area contributed by atoms with E-state index < -0.39 is 51.9 Å². The molecule has 0 aromatic carbocycles. The summed E-state index contributed by atoms with van der Waals surface area (Å²) in [7, 11) is 1.17. The van der Waals surface area contributed by atoms with Crippen LogP contribution in [0, 0.1) is 0 Å². The summed E-state index contributed by atoms with van der Waals surface area (Å²) < 4.78 is 10.7. The first-order chi connectivity index (χ1) is 24.1. The largest absolute Gasteiger partial charge is 0.475 e. The van der Waals surface area contributed by atoms with Crippen LogP contribution in [0.5, 0.6) is 0 Å². The molecule has 1 N–H and O–H groups in total. The van der Waals surface area contributed by atoms with E-state index >= 15 is 0 Å². The lowest BCUT2D eigenvalue weighted by atomic mass is 10.3. The van der Waals surface area contributed by atoms with E-state index in [9.17, 15) is 43.2 Å². The van der Waals surface area contributed by atoms with E-state index in [1.165, 1.54) is 11.4 Å². The molecule has 286 valence electrons. The third kappa shape index (κ3) is 12.5.